The van der Waals surface area contributed by atoms with Gasteiger partial charge in [-0.3, -0.25) is 4.98 Å². The van der Waals surface area contributed by atoms with Gasteiger partial charge in [0, 0.05) is 11.6 Å². The number of nitrogens with zero attached hydrogens (tertiary/aromatic N) is 1. The number of ether oxygens (including phenoxy) is 1. The van der Waals surface area contributed by atoms with E-state index in [0.29, 0.717) is 17.8 Å². The SMILES string of the molecule is CC(C)[C@H]1C[C@@H]1c1ccc(OCC(F)(F)F)cn1. The van der Waals surface area contributed by atoms with Crippen LogP contribution in [0, 0.1) is 11.8 Å². The van der Waals surface area contributed by atoms with E-state index in [0.717, 1.165) is 12.1 Å². The molecule has 1 aliphatic rings. The van der Waals surface area contributed by atoms with Crippen LogP contribution in [0.4, 0.5) is 13.2 Å². The smallest absolute Gasteiger partial charge is 0.422 e. The molecule has 100 valence electrons. The molecule has 1 heterocycles. The molecule has 0 spiro atoms. The largest absolute Gasteiger partial charge is 0.483 e. The van der Waals surface area contributed by atoms with Crippen LogP contribution in [0.25, 0.3) is 0 Å². The van der Waals surface area contributed by atoms with Gasteiger partial charge in [0.25, 0.3) is 0 Å². The lowest BCUT2D eigenvalue weighted by Crippen LogP contribution is -2.19. The molecule has 2 nitrogen and oxygen atoms in total. The van der Waals surface area contributed by atoms with E-state index in [2.05, 4.69) is 23.6 Å². The van der Waals surface area contributed by atoms with Crippen molar-refractivity contribution in [2.45, 2.75) is 32.4 Å². The molecule has 5 heteroatoms. The van der Waals surface area contributed by atoms with Crippen LogP contribution < -0.4 is 4.74 Å². The van der Waals surface area contributed by atoms with E-state index < -0.39 is 12.8 Å². The topological polar surface area (TPSA) is 22.1 Å². The Balaban J connectivity index is 1.91. The number of rotatable bonds is 4. The lowest BCUT2D eigenvalue weighted by Gasteiger charge is -2.09. The van der Waals surface area contributed by atoms with Crippen LogP contribution >= 0.6 is 0 Å². The van der Waals surface area contributed by atoms with E-state index in [1.165, 1.54) is 6.20 Å². The van der Waals surface area contributed by atoms with Gasteiger partial charge in [0.15, 0.2) is 6.61 Å². The Labute approximate surface area is 104 Å². The van der Waals surface area contributed by atoms with Crippen molar-refractivity contribution in [3.63, 3.8) is 0 Å². The maximum Gasteiger partial charge on any atom is 0.422 e. The van der Waals surface area contributed by atoms with E-state index in [9.17, 15) is 13.2 Å². The van der Waals surface area contributed by atoms with Crippen molar-refractivity contribution < 1.29 is 17.9 Å². The number of alkyl halides is 3. The number of aromatic nitrogens is 1. The summed E-state index contributed by atoms with van der Waals surface area (Å²) in [6, 6.07) is 3.32. The fourth-order valence-corrected chi connectivity index (χ4v) is 2.15. The van der Waals surface area contributed by atoms with Crippen LogP contribution in [0.3, 0.4) is 0 Å². The molecule has 1 aromatic rings. The lowest BCUT2D eigenvalue weighted by molar-refractivity contribution is -0.153. The van der Waals surface area contributed by atoms with Gasteiger partial charge in [-0.15, -0.1) is 0 Å². The quantitative estimate of drug-likeness (QED) is 0.820. The molecule has 1 saturated carbocycles. The van der Waals surface area contributed by atoms with Gasteiger partial charge < -0.3 is 4.74 Å². The van der Waals surface area contributed by atoms with Crippen molar-refractivity contribution in [1.29, 1.82) is 0 Å². The minimum atomic E-state index is -4.31. The maximum absolute atomic E-state index is 12.0. The normalized spacial score (nSPS) is 23.2. The van der Waals surface area contributed by atoms with Crippen LogP contribution in [0.5, 0.6) is 5.75 Å². The van der Waals surface area contributed by atoms with Crippen molar-refractivity contribution in [3.8, 4) is 5.75 Å². The van der Waals surface area contributed by atoms with Crippen molar-refractivity contribution in [2.24, 2.45) is 11.8 Å². The van der Waals surface area contributed by atoms with Crippen LogP contribution in [-0.2, 0) is 0 Å². The molecule has 18 heavy (non-hydrogen) atoms. The Hall–Kier alpha value is -1.26. The summed E-state index contributed by atoms with van der Waals surface area (Å²) in [7, 11) is 0. The molecule has 2 atom stereocenters. The minimum absolute atomic E-state index is 0.165. The van der Waals surface area contributed by atoms with Gasteiger partial charge >= 0.3 is 6.18 Å². The zero-order valence-electron chi connectivity index (χ0n) is 10.4. The average Bonchev–Trinajstić information content (AvgIpc) is 3.06. The van der Waals surface area contributed by atoms with E-state index in [-0.39, 0.29) is 5.75 Å². The first kappa shape index (κ1) is 13.2. The molecule has 1 aliphatic carbocycles. The molecule has 0 radical (unpaired) electrons. The van der Waals surface area contributed by atoms with Crippen molar-refractivity contribution in [1.82, 2.24) is 4.98 Å². The number of hydrogen-bond acceptors (Lipinski definition) is 2. The van der Waals surface area contributed by atoms with E-state index in [1.54, 1.807) is 12.1 Å². The van der Waals surface area contributed by atoms with Crippen molar-refractivity contribution in [3.05, 3.63) is 24.0 Å². The fraction of sp³-hybridized carbons (Fsp3) is 0.615. The summed E-state index contributed by atoms with van der Waals surface area (Å²) >= 11 is 0. The predicted molar refractivity (Wildman–Crippen MR) is 61.5 cm³/mol. The molecule has 1 fully saturated rings. The number of pyridine rings is 1. The molecular formula is C13H16F3NO. The summed E-state index contributed by atoms with van der Waals surface area (Å²) < 4.78 is 40.5. The second-order valence-electron chi connectivity index (χ2n) is 5.07. The van der Waals surface area contributed by atoms with Crippen LogP contribution in [0.15, 0.2) is 18.3 Å². The zero-order chi connectivity index (χ0) is 13.3. The molecule has 0 saturated heterocycles. The first-order chi connectivity index (χ1) is 8.37. The zero-order valence-corrected chi connectivity index (χ0v) is 10.4. The van der Waals surface area contributed by atoms with E-state index in [1.807, 2.05) is 0 Å². The number of hydrogen-bond donors (Lipinski definition) is 0. The molecule has 2 rings (SSSR count). The molecule has 0 aromatic carbocycles. The van der Waals surface area contributed by atoms with Gasteiger partial charge in [-0.05, 0) is 30.4 Å². The highest BCUT2D eigenvalue weighted by Crippen LogP contribution is 2.51. The lowest BCUT2D eigenvalue weighted by atomic mass is 10.1. The van der Waals surface area contributed by atoms with Crippen molar-refractivity contribution >= 4 is 0 Å². The second kappa shape index (κ2) is 4.78. The molecule has 0 N–H and O–H groups in total. The Morgan fingerprint density at radius 1 is 1.39 bits per heavy atom. The third-order valence-corrected chi connectivity index (χ3v) is 3.24. The summed E-state index contributed by atoms with van der Waals surface area (Å²) in [6.07, 6.45) is -1.82. The minimum Gasteiger partial charge on any atom is -0.483 e. The van der Waals surface area contributed by atoms with Gasteiger partial charge in [0.05, 0.1) is 6.20 Å². The molecule has 0 aliphatic heterocycles. The van der Waals surface area contributed by atoms with E-state index >= 15 is 0 Å². The van der Waals surface area contributed by atoms with Gasteiger partial charge in [0.2, 0.25) is 0 Å². The highest BCUT2D eigenvalue weighted by Gasteiger charge is 2.41. The van der Waals surface area contributed by atoms with Gasteiger partial charge in [0.1, 0.15) is 5.75 Å². The van der Waals surface area contributed by atoms with Crippen LogP contribution in [-0.4, -0.2) is 17.8 Å². The third kappa shape index (κ3) is 3.37. The number of halogens is 3. The Kier molecular flexibility index (Phi) is 3.50. The van der Waals surface area contributed by atoms with Gasteiger partial charge in [-0.25, -0.2) is 0 Å². The van der Waals surface area contributed by atoms with E-state index in [4.69, 9.17) is 0 Å². The summed E-state index contributed by atoms with van der Waals surface area (Å²) in [4.78, 5) is 4.18. The third-order valence-electron chi connectivity index (χ3n) is 3.24. The monoisotopic (exact) mass is 259 g/mol. The van der Waals surface area contributed by atoms with Gasteiger partial charge in [-0.1, -0.05) is 13.8 Å². The first-order valence-electron chi connectivity index (χ1n) is 6.02. The standard InChI is InChI=1S/C13H16F3NO/c1-8(2)10-5-11(10)12-4-3-9(6-17-12)18-7-13(14,15)16/h3-4,6,8,10-11H,5,7H2,1-2H3/t10-,11+/m1/s1. The molecule has 0 bridgehead atoms. The Morgan fingerprint density at radius 2 is 2.11 bits per heavy atom. The second-order valence-corrected chi connectivity index (χ2v) is 5.07. The average molecular weight is 259 g/mol. The highest BCUT2D eigenvalue weighted by atomic mass is 19.4. The molecule has 0 unspecified atom stereocenters. The predicted octanol–water partition coefficient (Wildman–Crippen LogP) is 3.78. The maximum atomic E-state index is 12.0. The summed E-state index contributed by atoms with van der Waals surface area (Å²) in [5, 5.41) is 0. The Morgan fingerprint density at radius 3 is 2.56 bits per heavy atom. The summed E-state index contributed by atoms with van der Waals surface area (Å²) in [6.45, 7) is 3.07. The molecule has 1 aromatic heterocycles. The van der Waals surface area contributed by atoms with Crippen molar-refractivity contribution in [2.75, 3.05) is 6.61 Å². The molecular weight excluding hydrogens is 243 g/mol. The molecule has 0 amide bonds. The Bertz CT molecular complexity index is 400. The fourth-order valence-electron chi connectivity index (χ4n) is 2.15. The summed E-state index contributed by atoms with van der Waals surface area (Å²) in [5.74, 6) is 1.90. The van der Waals surface area contributed by atoms with Gasteiger partial charge in [-0.2, -0.15) is 13.2 Å². The van der Waals surface area contributed by atoms with Crippen LogP contribution in [0.2, 0.25) is 0 Å². The van der Waals surface area contributed by atoms with Crippen LogP contribution in [0.1, 0.15) is 31.9 Å². The summed E-state index contributed by atoms with van der Waals surface area (Å²) in [5.41, 5.74) is 0.952. The highest BCUT2D eigenvalue weighted by molar-refractivity contribution is 5.25. The first-order valence-corrected chi connectivity index (χ1v) is 6.02.